The van der Waals surface area contributed by atoms with Gasteiger partial charge in [0.2, 0.25) is 0 Å². The van der Waals surface area contributed by atoms with E-state index in [4.69, 9.17) is 5.11 Å². The van der Waals surface area contributed by atoms with Crippen LogP contribution in [0.15, 0.2) is 0 Å². The van der Waals surface area contributed by atoms with Crippen molar-refractivity contribution >= 4 is 0 Å². The first-order valence-electron chi connectivity index (χ1n) is 6.30. The van der Waals surface area contributed by atoms with Crippen molar-refractivity contribution in [1.29, 1.82) is 0 Å². The quantitative estimate of drug-likeness (QED) is 0.764. The van der Waals surface area contributed by atoms with Crippen LogP contribution in [0.4, 0.5) is 8.78 Å². The highest BCUT2D eigenvalue weighted by Gasteiger charge is 2.27. The van der Waals surface area contributed by atoms with Crippen LogP contribution in [0.5, 0.6) is 0 Å². The van der Waals surface area contributed by atoms with Gasteiger partial charge < -0.3 is 5.11 Å². The Labute approximate surface area is 96.6 Å². The van der Waals surface area contributed by atoms with E-state index < -0.39 is 6.43 Å². The van der Waals surface area contributed by atoms with Gasteiger partial charge >= 0.3 is 0 Å². The van der Waals surface area contributed by atoms with E-state index in [-0.39, 0.29) is 19.2 Å². The van der Waals surface area contributed by atoms with Gasteiger partial charge in [0.05, 0.1) is 13.2 Å². The fraction of sp³-hybridized carbons (Fsp3) is 1.00. The third-order valence-corrected chi connectivity index (χ3v) is 3.61. The molecule has 2 unspecified atom stereocenters. The first-order valence-corrected chi connectivity index (χ1v) is 6.30. The lowest BCUT2D eigenvalue weighted by atomic mass is 9.83. The van der Waals surface area contributed by atoms with Crippen molar-refractivity contribution in [1.82, 2.24) is 4.90 Å². The second-order valence-electron chi connectivity index (χ2n) is 4.70. The number of hydrogen-bond donors (Lipinski definition) is 1. The summed E-state index contributed by atoms with van der Waals surface area (Å²) in [5, 5.41) is 8.92. The molecule has 1 aliphatic carbocycles. The lowest BCUT2D eigenvalue weighted by Crippen LogP contribution is -2.43. The van der Waals surface area contributed by atoms with Crippen molar-refractivity contribution in [3.63, 3.8) is 0 Å². The molecule has 2 atom stereocenters. The minimum absolute atomic E-state index is 0.0278. The minimum Gasteiger partial charge on any atom is -0.395 e. The Kier molecular flexibility index (Phi) is 6.21. The summed E-state index contributed by atoms with van der Waals surface area (Å²) in [6, 6.07) is 0.250. The second kappa shape index (κ2) is 7.17. The van der Waals surface area contributed by atoms with Crippen molar-refractivity contribution in [3.05, 3.63) is 0 Å². The maximum Gasteiger partial charge on any atom is 0.251 e. The molecular weight excluding hydrogens is 212 g/mol. The van der Waals surface area contributed by atoms with E-state index in [1.54, 1.807) is 4.90 Å². The van der Waals surface area contributed by atoms with Crippen LogP contribution in [0, 0.1) is 5.92 Å². The zero-order valence-corrected chi connectivity index (χ0v) is 10.0. The van der Waals surface area contributed by atoms with Crippen LogP contribution in [0.2, 0.25) is 0 Å². The van der Waals surface area contributed by atoms with Gasteiger partial charge in [0, 0.05) is 12.6 Å². The summed E-state index contributed by atoms with van der Waals surface area (Å²) < 4.78 is 24.8. The summed E-state index contributed by atoms with van der Waals surface area (Å²) >= 11 is 0. The molecule has 2 nitrogen and oxygen atoms in total. The first kappa shape index (κ1) is 13.8. The number of aliphatic hydroxyl groups is 1. The van der Waals surface area contributed by atoms with Crippen molar-refractivity contribution in [2.75, 3.05) is 19.7 Å². The zero-order chi connectivity index (χ0) is 12.0. The number of hydrogen-bond acceptors (Lipinski definition) is 2. The van der Waals surface area contributed by atoms with E-state index in [1.165, 1.54) is 6.42 Å². The maximum absolute atomic E-state index is 12.4. The molecule has 1 N–H and O–H groups in total. The molecule has 1 rings (SSSR count). The van der Waals surface area contributed by atoms with Gasteiger partial charge in [0.25, 0.3) is 6.43 Å². The molecule has 0 radical (unpaired) electrons. The summed E-state index contributed by atoms with van der Waals surface area (Å²) in [4.78, 5) is 1.77. The number of nitrogens with zero attached hydrogens (tertiary/aromatic N) is 1. The molecule has 0 bridgehead atoms. The lowest BCUT2D eigenvalue weighted by Gasteiger charge is -2.37. The van der Waals surface area contributed by atoms with E-state index in [0.717, 1.165) is 25.7 Å². The Morgan fingerprint density at radius 1 is 1.38 bits per heavy atom. The summed E-state index contributed by atoms with van der Waals surface area (Å²) in [7, 11) is 0. The predicted octanol–water partition coefficient (Wildman–Crippen LogP) is 2.51. The minimum atomic E-state index is -2.30. The van der Waals surface area contributed by atoms with E-state index >= 15 is 0 Å². The molecule has 0 spiro atoms. The summed E-state index contributed by atoms with van der Waals surface area (Å²) in [6.07, 6.45) is 3.22. The molecule has 0 aromatic rings. The third-order valence-electron chi connectivity index (χ3n) is 3.61. The molecular formula is C12H23F2NO. The van der Waals surface area contributed by atoms with Gasteiger partial charge in [-0.15, -0.1) is 0 Å². The van der Waals surface area contributed by atoms with E-state index in [1.807, 2.05) is 0 Å². The maximum atomic E-state index is 12.4. The Morgan fingerprint density at radius 2 is 2.12 bits per heavy atom. The molecule has 96 valence electrons. The summed E-state index contributed by atoms with van der Waals surface area (Å²) in [6.45, 7) is 2.32. The molecule has 0 amide bonds. The molecule has 4 heteroatoms. The Bertz CT molecular complexity index is 190. The predicted molar refractivity (Wildman–Crippen MR) is 60.7 cm³/mol. The van der Waals surface area contributed by atoms with Crippen LogP contribution in [-0.4, -0.2) is 42.2 Å². The summed E-state index contributed by atoms with van der Waals surface area (Å²) in [5.41, 5.74) is 0. The van der Waals surface area contributed by atoms with Crippen LogP contribution < -0.4 is 0 Å². The molecule has 1 fully saturated rings. The zero-order valence-electron chi connectivity index (χ0n) is 10.0. The molecule has 1 aliphatic rings. The van der Waals surface area contributed by atoms with Gasteiger partial charge in [0.1, 0.15) is 0 Å². The standard InChI is InChI=1S/C12H23F2NO/c1-2-10-4-3-5-11(8-10)15(6-7-16)9-12(13)14/h10-12,16H,2-9H2,1H3. The second-order valence-corrected chi connectivity index (χ2v) is 4.70. The molecule has 16 heavy (non-hydrogen) atoms. The van der Waals surface area contributed by atoms with Crippen LogP contribution in [0.1, 0.15) is 39.0 Å². The van der Waals surface area contributed by atoms with Gasteiger partial charge in [-0.25, -0.2) is 8.78 Å². The number of alkyl halides is 2. The normalized spacial score (nSPS) is 26.6. The Morgan fingerprint density at radius 3 is 2.69 bits per heavy atom. The number of halogens is 2. The SMILES string of the molecule is CCC1CCCC(N(CCO)CC(F)F)C1. The molecule has 0 saturated heterocycles. The number of aliphatic hydroxyl groups excluding tert-OH is 1. The first-order chi connectivity index (χ1) is 7.67. The van der Waals surface area contributed by atoms with Gasteiger partial charge in [0.15, 0.2) is 0 Å². The van der Waals surface area contributed by atoms with Crippen LogP contribution in [-0.2, 0) is 0 Å². The van der Waals surface area contributed by atoms with Gasteiger partial charge in [-0.3, -0.25) is 4.90 Å². The van der Waals surface area contributed by atoms with Crippen LogP contribution in [0.3, 0.4) is 0 Å². The summed E-state index contributed by atoms with van der Waals surface area (Å²) in [5.74, 6) is 0.678. The Hall–Kier alpha value is -0.220. The van der Waals surface area contributed by atoms with Crippen molar-refractivity contribution in [2.45, 2.75) is 51.5 Å². The lowest BCUT2D eigenvalue weighted by molar-refractivity contribution is 0.0361. The highest BCUT2D eigenvalue weighted by molar-refractivity contribution is 4.80. The molecule has 0 aromatic carbocycles. The average molecular weight is 235 g/mol. The molecule has 0 heterocycles. The highest BCUT2D eigenvalue weighted by Crippen LogP contribution is 2.29. The topological polar surface area (TPSA) is 23.5 Å². The largest absolute Gasteiger partial charge is 0.395 e. The van der Waals surface area contributed by atoms with Gasteiger partial charge in [-0.2, -0.15) is 0 Å². The highest BCUT2D eigenvalue weighted by atomic mass is 19.3. The van der Waals surface area contributed by atoms with Gasteiger partial charge in [-0.05, 0) is 18.8 Å². The Balaban J connectivity index is 2.48. The smallest absolute Gasteiger partial charge is 0.251 e. The van der Waals surface area contributed by atoms with Crippen molar-refractivity contribution < 1.29 is 13.9 Å². The fourth-order valence-corrected chi connectivity index (χ4v) is 2.69. The fourth-order valence-electron chi connectivity index (χ4n) is 2.69. The van der Waals surface area contributed by atoms with Crippen molar-refractivity contribution in [3.8, 4) is 0 Å². The third kappa shape index (κ3) is 4.34. The van der Waals surface area contributed by atoms with E-state index in [0.29, 0.717) is 12.5 Å². The van der Waals surface area contributed by atoms with E-state index in [9.17, 15) is 8.78 Å². The van der Waals surface area contributed by atoms with Crippen molar-refractivity contribution in [2.24, 2.45) is 5.92 Å². The van der Waals surface area contributed by atoms with E-state index in [2.05, 4.69) is 6.92 Å². The number of rotatable bonds is 6. The van der Waals surface area contributed by atoms with Gasteiger partial charge in [-0.1, -0.05) is 26.2 Å². The molecule has 0 aromatic heterocycles. The molecule has 1 saturated carbocycles. The van der Waals surface area contributed by atoms with Crippen LogP contribution in [0.25, 0.3) is 0 Å². The monoisotopic (exact) mass is 235 g/mol. The average Bonchev–Trinajstić information content (AvgIpc) is 2.28. The molecule has 0 aliphatic heterocycles. The van der Waals surface area contributed by atoms with Crippen LogP contribution >= 0.6 is 0 Å².